The highest BCUT2D eigenvalue weighted by atomic mass is 79.9. The van der Waals surface area contributed by atoms with E-state index in [1.54, 1.807) is 23.1 Å². The summed E-state index contributed by atoms with van der Waals surface area (Å²) in [6.45, 7) is 4.60. The average Bonchev–Trinajstić information content (AvgIpc) is 3.28. The van der Waals surface area contributed by atoms with Crippen LogP contribution in [-0.2, 0) is 4.79 Å². The number of halogens is 1. The van der Waals surface area contributed by atoms with E-state index < -0.39 is 0 Å². The van der Waals surface area contributed by atoms with Crippen LogP contribution in [0, 0.1) is 6.92 Å². The van der Waals surface area contributed by atoms with Crippen LogP contribution in [0.4, 0.5) is 11.4 Å². The van der Waals surface area contributed by atoms with Gasteiger partial charge in [0.25, 0.3) is 5.91 Å². The SMILES string of the molecule is Cc1cc(N2CC(NC(=O)c3ccc(Br)s3)CC2=O)ccc1N1CCCNS1. The zero-order chi connectivity index (χ0) is 19.7. The molecule has 0 aliphatic carbocycles. The van der Waals surface area contributed by atoms with Crippen LogP contribution in [0.15, 0.2) is 34.1 Å². The van der Waals surface area contributed by atoms with E-state index in [2.05, 4.69) is 49.3 Å². The summed E-state index contributed by atoms with van der Waals surface area (Å²) >= 11 is 6.39. The number of aryl methyl sites for hydroxylation is 1. The van der Waals surface area contributed by atoms with Crippen LogP contribution in [0.5, 0.6) is 0 Å². The van der Waals surface area contributed by atoms with E-state index in [9.17, 15) is 9.59 Å². The Morgan fingerprint density at radius 1 is 1.32 bits per heavy atom. The second-order valence-corrected chi connectivity index (χ2v) is 10.3. The molecule has 0 radical (unpaired) electrons. The predicted molar refractivity (Wildman–Crippen MR) is 119 cm³/mol. The Morgan fingerprint density at radius 3 is 2.86 bits per heavy atom. The van der Waals surface area contributed by atoms with Crippen molar-refractivity contribution in [3.05, 3.63) is 44.6 Å². The molecule has 148 valence electrons. The minimum absolute atomic E-state index is 0.0406. The van der Waals surface area contributed by atoms with Crippen LogP contribution in [0.2, 0.25) is 0 Å². The molecule has 2 saturated heterocycles. The summed E-state index contributed by atoms with van der Waals surface area (Å²) in [5.41, 5.74) is 3.19. The van der Waals surface area contributed by atoms with Crippen molar-refractivity contribution >= 4 is 62.6 Å². The van der Waals surface area contributed by atoms with E-state index in [1.807, 2.05) is 12.1 Å². The first-order valence-electron chi connectivity index (χ1n) is 9.16. The van der Waals surface area contributed by atoms with Crippen molar-refractivity contribution < 1.29 is 9.59 Å². The topological polar surface area (TPSA) is 64.7 Å². The van der Waals surface area contributed by atoms with Gasteiger partial charge in [-0.1, -0.05) is 0 Å². The van der Waals surface area contributed by atoms with Crippen molar-refractivity contribution in [2.45, 2.75) is 25.8 Å². The van der Waals surface area contributed by atoms with Crippen molar-refractivity contribution in [3.63, 3.8) is 0 Å². The summed E-state index contributed by atoms with van der Waals surface area (Å²) in [6, 6.07) is 9.59. The molecule has 2 amide bonds. The van der Waals surface area contributed by atoms with E-state index >= 15 is 0 Å². The standard InChI is InChI=1S/C19H21BrN4O2S2/c1-12-9-14(3-4-15(12)24-8-2-7-21-28-24)23-11-13(10-18(23)25)22-19(26)16-5-6-17(20)27-16/h3-6,9,13,21H,2,7-8,10-11H2,1H3,(H,22,26). The van der Waals surface area contributed by atoms with Gasteiger partial charge in [-0.15, -0.1) is 11.3 Å². The zero-order valence-electron chi connectivity index (χ0n) is 15.4. The van der Waals surface area contributed by atoms with Crippen LogP contribution in [0.25, 0.3) is 0 Å². The fourth-order valence-electron chi connectivity index (χ4n) is 3.47. The smallest absolute Gasteiger partial charge is 0.261 e. The number of anilines is 2. The summed E-state index contributed by atoms with van der Waals surface area (Å²) in [5, 5.41) is 2.98. The molecule has 2 N–H and O–H groups in total. The monoisotopic (exact) mass is 480 g/mol. The number of thiophene rings is 1. The Balaban J connectivity index is 1.43. The molecule has 2 aliphatic rings. The Bertz CT molecular complexity index is 898. The van der Waals surface area contributed by atoms with Crippen LogP contribution >= 0.6 is 39.4 Å². The van der Waals surface area contributed by atoms with Gasteiger partial charge in [-0.3, -0.25) is 9.59 Å². The summed E-state index contributed by atoms with van der Waals surface area (Å²) < 4.78 is 6.47. The molecule has 1 unspecified atom stereocenters. The molecule has 4 rings (SSSR count). The summed E-state index contributed by atoms with van der Waals surface area (Å²) in [5.74, 6) is -0.0877. The van der Waals surface area contributed by atoms with Crippen LogP contribution in [0.1, 0.15) is 28.1 Å². The molecule has 1 aromatic carbocycles. The lowest BCUT2D eigenvalue weighted by Gasteiger charge is -2.29. The Morgan fingerprint density at radius 2 is 2.18 bits per heavy atom. The van der Waals surface area contributed by atoms with Crippen molar-refractivity contribution in [1.82, 2.24) is 10.0 Å². The molecule has 0 bridgehead atoms. The van der Waals surface area contributed by atoms with Gasteiger partial charge in [-0.2, -0.15) is 0 Å². The number of carbonyl (C=O) groups is 2. The van der Waals surface area contributed by atoms with Crippen molar-refractivity contribution in [2.24, 2.45) is 0 Å². The van der Waals surface area contributed by atoms with Crippen LogP contribution in [0.3, 0.4) is 0 Å². The minimum atomic E-state index is -0.178. The Hall–Kier alpha value is -1.55. The van der Waals surface area contributed by atoms with Gasteiger partial charge in [-0.05, 0) is 65.2 Å². The minimum Gasteiger partial charge on any atom is -0.346 e. The molecule has 0 spiro atoms. The van der Waals surface area contributed by atoms with Gasteiger partial charge in [-0.25, -0.2) is 4.72 Å². The molecular formula is C19H21BrN4O2S2. The van der Waals surface area contributed by atoms with Crippen molar-refractivity contribution in [2.75, 3.05) is 28.8 Å². The average molecular weight is 481 g/mol. The van der Waals surface area contributed by atoms with Crippen LogP contribution in [-0.4, -0.2) is 37.5 Å². The molecule has 2 aromatic rings. The number of benzene rings is 1. The molecule has 0 saturated carbocycles. The maximum Gasteiger partial charge on any atom is 0.261 e. The number of rotatable bonds is 4. The maximum atomic E-state index is 12.6. The molecule has 3 heterocycles. The van der Waals surface area contributed by atoms with E-state index in [0.29, 0.717) is 17.8 Å². The lowest BCUT2D eigenvalue weighted by atomic mass is 10.1. The van der Waals surface area contributed by atoms with Gasteiger partial charge in [0, 0.05) is 43.9 Å². The number of amides is 2. The summed E-state index contributed by atoms with van der Waals surface area (Å²) in [6.07, 6.45) is 1.44. The summed E-state index contributed by atoms with van der Waals surface area (Å²) in [7, 11) is 0. The van der Waals surface area contributed by atoms with Gasteiger partial charge >= 0.3 is 0 Å². The molecule has 9 heteroatoms. The number of nitrogens with zero attached hydrogens (tertiary/aromatic N) is 2. The Labute approximate surface area is 181 Å². The quantitative estimate of drug-likeness (QED) is 0.652. The Kier molecular flexibility index (Phi) is 5.96. The zero-order valence-corrected chi connectivity index (χ0v) is 18.6. The third-order valence-electron chi connectivity index (χ3n) is 4.83. The normalized spacial score (nSPS) is 19.9. The molecule has 6 nitrogen and oxygen atoms in total. The number of carbonyl (C=O) groups excluding carboxylic acids is 2. The van der Waals surface area contributed by atoms with Gasteiger partial charge < -0.3 is 14.5 Å². The molecule has 1 aromatic heterocycles. The number of hydrogen-bond donors (Lipinski definition) is 2. The number of hydrogen-bond acceptors (Lipinski definition) is 6. The second kappa shape index (κ2) is 8.44. The van der Waals surface area contributed by atoms with Crippen molar-refractivity contribution in [3.8, 4) is 0 Å². The van der Waals surface area contributed by atoms with E-state index in [-0.39, 0.29) is 17.9 Å². The molecule has 2 aliphatic heterocycles. The molecule has 2 fully saturated rings. The molecular weight excluding hydrogens is 460 g/mol. The maximum absolute atomic E-state index is 12.6. The second-order valence-electron chi connectivity index (χ2n) is 6.89. The largest absolute Gasteiger partial charge is 0.346 e. The number of nitrogens with one attached hydrogen (secondary N) is 2. The van der Waals surface area contributed by atoms with E-state index in [0.717, 1.165) is 34.5 Å². The first-order valence-corrected chi connectivity index (χ1v) is 11.5. The van der Waals surface area contributed by atoms with E-state index in [1.165, 1.54) is 17.0 Å². The molecule has 1 atom stereocenters. The van der Waals surface area contributed by atoms with Gasteiger partial charge in [0.15, 0.2) is 0 Å². The first-order chi connectivity index (χ1) is 13.5. The van der Waals surface area contributed by atoms with Gasteiger partial charge in [0.2, 0.25) is 5.91 Å². The fraction of sp³-hybridized carbons (Fsp3) is 0.368. The predicted octanol–water partition coefficient (Wildman–Crippen LogP) is 3.72. The van der Waals surface area contributed by atoms with Gasteiger partial charge in [0.05, 0.1) is 20.4 Å². The third-order valence-corrected chi connectivity index (χ3v) is 7.39. The highest BCUT2D eigenvalue weighted by Gasteiger charge is 2.32. The van der Waals surface area contributed by atoms with Crippen LogP contribution < -0.4 is 19.2 Å². The van der Waals surface area contributed by atoms with Crippen molar-refractivity contribution in [1.29, 1.82) is 0 Å². The fourth-order valence-corrected chi connectivity index (χ4v) is 5.67. The third kappa shape index (κ3) is 4.22. The highest BCUT2D eigenvalue weighted by Crippen LogP contribution is 2.32. The highest BCUT2D eigenvalue weighted by molar-refractivity contribution is 9.11. The van der Waals surface area contributed by atoms with Gasteiger partial charge in [0.1, 0.15) is 0 Å². The summed E-state index contributed by atoms with van der Waals surface area (Å²) in [4.78, 5) is 27.3. The lowest BCUT2D eigenvalue weighted by Crippen LogP contribution is -2.36. The molecule has 28 heavy (non-hydrogen) atoms. The lowest BCUT2D eigenvalue weighted by molar-refractivity contribution is -0.117. The first kappa shape index (κ1) is 19.8. The van der Waals surface area contributed by atoms with E-state index in [4.69, 9.17) is 0 Å².